The number of alkyl halides is 3. The highest BCUT2D eigenvalue weighted by molar-refractivity contribution is 7.92. The molecule has 0 radical (unpaired) electrons. The molecule has 0 saturated heterocycles. The zero-order valence-corrected chi connectivity index (χ0v) is 19.3. The van der Waals surface area contributed by atoms with Gasteiger partial charge in [0.15, 0.2) is 0 Å². The predicted molar refractivity (Wildman–Crippen MR) is 124 cm³/mol. The van der Waals surface area contributed by atoms with E-state index in [-0.39, 0.29) is 30.5 Å². The van der Waals surface area contributed by atoms with Crippen LogP contribution in [0.25, 0.3) is 0 Å². The van der Waals surface area contributed by atoms with E-state index in [0.717, 1.165) is 16.1 Å². The van der Waals surface area contributed by atoms with Crippen LogP contribution in [0.5, 0.6) is 0 Å². The summed E-state index contributed by atoms with van der Waals surface area (Å²) in [5.41, 5.74) is 1.39. The van der Waals surface area contributed by atoms with Gasteiger partial charge in [0.1, 0.15) is 11.4 Å². The standard InChI is InChI=1S/C21H20F3N7O3S/c1-31(35(2,33)34)17-5-6-25-9-13(17)10-26-19-15(21(22,23)24)11-27-20(30-19)28-14-4-3-12-7-18(32)29-16(12)8-14/h3-6,8-9,11H,7,10H2,1-2H3,(H,29,32)(H2,26,27,28,30). The molecule has 0 unspecified atom stereocenters. The fourth-order valence-corrected chi connectivity index (χ4v) is 3.96. The van der Waals surface area contributed by atoms with E-state index in [0.29, 0.717) is 23.1 Å². The molecule has 1 aromatic carbocycles. The zero-order valence-electron chi connectivity index (χ0n) is 18.5. The number of hydrogen-bond acceptors (Lipinski definition) is 8. The van der Waals surface area contributed by atoms with Crippen molar-refractivity contribution in [1.82, 2.24) is 15.0 Å². The smallest absolute Gasteiger partial charge is 0.365 e. The van der Waals surface area contributed by atoms with Crippen LogP contribution < -0.4 is 20.3 Å². The van der Waals surface area contributed by atoms with Gasteiger partial charge in [-0.15, -0.1) is 0 Å². The van der Waals surface area contributed by atoms with E-state index in [9.17, 15) is 26.4 Å². The zero-order chi connectivity index (χ0) is 25.4. The van der Waals surface area contributed by atoms with E-state index in [1.807, 2.05) is 0 Å². The predicted octanol–water partition coefficient (Wildman–Crippen LogP) is 3.14. The lowest BCUT2D eigenvalue weighted by atomic mass is 10.1. The molecule has 3 heterocycles. The molecule has 4 rings (SSSR count). The SMILES string of the molecule is CN(c1ccncc1CNc1nc(Nc2ccc3c(c2)NC(=O)C3)ncc1C(F)(F)F)S(C)(=O)=O. The van der Waals surface area contributed by atoms with E-state index < -0.39 is 27.6 Å². The largest absolute Gasteiger partial charge is 0.421 e. The average molecular weight is 507 g/mol. The van der Waals surface area contributed by atoms with Crippen molar-refractivity contribution in [2.45, 2.75) is 19.1 Å². The summed E-state index contributed by atoms with van der Waals surface area (Å²) < 4.78 is 65.7. The number of rotatable bonds is 7. The van der Waals surface area contributed by atoms with Gasteiger partial charge in [-0.3, -0.25) is 14.1 Å². The number of halogens is 3. The summed E-state index contributed by atoms with van der Waals surface area (Å²) in [6, 6.07) is 6.47. The molecule has 0 aliphatic carbocycles. The number of benzene rings is 1. The van der Waals surface area contributed by atoms with Gasteiger partial charge in [-0.2, -0.15) is 18.2 Å². The Morgan fingerprint density at radius 2 is 1.97 bits per heavy atom. The first-order valence-corrected chi connectivity index (χ1v) is 12.0. The summed E-state index contributed by atoms with van der Waals surface area (Å²) in [5, 5.41) is 8.16. The van der Waals surface area contributed by atoms with Crippen molar-refractivity contribution in [3.63, 3.8) is 0 Å². The molecule has 2 aromatic heterocycles. The molecular weight excluding hydrogens is 487 g/mol. The molecule has 0 saturated carbocycles. The summed E-state index contributed by atoms with van der Waals surface area (Å²) >= 11 is 0. The lowest BCUT2D eigenvalue weighted by molar-refractivity contribution is -0.137. The van der Waals surface area contributed by atoms with Gasteiger partial charge in [-0.1, -0.05) is 6.07 Å². The molecule has 1 amide bonds. The van der Waals surface area contributed by atoms with Crippen LogP contribution in [-0.4, -0.2) is 42.6 Å². The molecule has 1 aliphatic rings. The molecular formula is C21H20F3N7O3S. The number of amides is 1. The van der Waals surface area contributed by atoms with Crippen molar-refractivity contribution < 1.29 is 26.4 Å². The number of nitrogens with zero attached hydrogens (tertiary/aromatic N) is 4. The second-order valence-electron chi connectivity index (χ2n) is 7.76. The Kier molecular flexibility index (Phi) is 6.23. The van der Waals surface area contributed by atoms with Crippen LogP contribution in [0, 0.1) is 0 Å². The van der Waals surface area contributed by atoms with E-state index in [2.05, 4.69) is 30.9 Å². The molecule has 3 aromatic rings. The number of pyridine rings is 1. The average Bonchev–Trinajstić information content (AvgIpc) is 3.15. The summed E-state index contributed by atoms with van der Waals surface area (Å²) in [4.78, 5) is 23.2. The maximum atomic E-state index is 13.6. The molecule has 184 valence electrons. The normalized spacial score (nSPS) is 13.2. The van der Waals surface area contributed by atoms with Crippen LogP contribution in [-0.2, 0) is 34.0 Å². The molecule has 10 nitrogen and oxygen atoms in total. The highest BCUT2D eigenvalue weighted by atomic mass is 32.2. The first-order chi connectivity index (χ1) is 16.4. The topological polar surface area (TPSA) is 129 Å². The maximum Gasteiger partial charge on any atom is 0.421 e. The minimum atomic E-state index is -4.74. The lowest BCUT2D eigenvalue weighted by Crippen LogP contribution is -2.26. The summed E-state index contributed by atoms with van der Waals surface area (Å²) in [6.45, 7) is -0.187. The third-order valence-electron chi connectivity index (χ3n) is 5.25. The molecule has 1 aliphatic heterocycles. The number of carbonyl (C=O) groups excluding carboxylic acids is 1. The van der Waals surface area contributed by atoms with Crippen LogP contribution in [0.4, 0.5) is 42.0 Å². The highest BCUT2D eigenvalue weighted by Gasteiger charge is 2.35. The quantitative estimate of drug-likeness (QED) is 0.445. The monoisotopic (exact) mass is 507 g/mol. The van der Waals surface area contributed by atoms with Gasteiger partial charge in [0, 0.05) is 49.1 Å². The number of hydrogen-bond donors (Lipinski definition) is 3. The molecule has 35 heavy (non-hydrogen) atoms. The summed E-state index contributed by atoms with van der Waals surface area (Å²) in [6.07, 6.45) is -0.0754. The van der Waals surface area contributed by atoms with E-state index in [1.165, 1.54) is 25.5 Å². The first-order valence-electron chi connectivity index (χ1n) is 10.2. The van der Waals surface area contributed by atoms with Crippen molar-refractivity contribution in [3.05, 3.63) is 59.5 Å². The van der Waals surface area contributed by atoms with Crippen LogP contribution >= 0.6 is 0 Å². The van der Waals surface area contributed by atoms with Gasteiger partial charge in [-0.05, 0) is 23.8 Å². The third kappa shape index (κ3) is 5.42. The molecule has 3 N–H and O–H groups in total. The van der Waals surface area contributed by atoms with Crippen LogP contribution in [0.3, 0.4) is 0 Å². The number of carbonyl (C=O) groups is 1. The highest BCUT2D eigenvalue weighted by Crippen LogP contribution is 2.35. The molecule has 0 atom stereocenters. The van der Waals surface area contributed by atoms with Gasteiger partial charge in [0.05, 0.1) is 18.4 Å². The van der Waals surface area contributed by atoms with Crippen LogP contribution in [0.1, 0.15) is 16.7 Å². The Hall–Kier alpha value is -3.94. The Bertz CT molecular complexity index is 1400. The number of nitrogens with one attached hydrogen (secondary N) is 3. The Labute approximate surface area is 198 Å². The Balaban J connectivity index is 1.61. The Morgan fingerprint density at radius 1 is 1.20 bits per heavy atom. The second-order valence-corrected chi connectivity index (χ2v) is 9.78. The summed E-state index contributed by atoms with van der Waals surface area (Å²) in [5.74, 6) is -0.753. The maximum absolute atomic E-state index is 13.6. The van der Waals surface area contributed by atoms with Gasteiger partial charge in [0.25, 0.3) is 0 Å². The fraction of sp³-hybridized carbons (Fsp3) is 0.238. The Morgan fingerprint density at radius 3 is 2.69 bits per heavy atom. The minimum absolute atomic E-state index is 0.107. The van der Waals surface area contributed by atoms with E-state index in [4.69, 9.17) is 0 Å². The fourth-order valence-electron chi connectivity index (χ4n) is 3.43. The number of sulfonamides is 1. The number of fused-ring (bicyclic) bond motifs is 1. The minimum Gasteiger partial charge on any atom is -0.365 e. The molecule has 0 fully saturated rings. The van der Waals surface area contributed by atoms with Crippen molar-refractivity contribution in [1.29, 1.82) is 0 Å². The van der Waals surface area contributed by atoms with E-state index >= 15 is 0 Å². The first kappa shape index (κ1) is 24.2. The van der Waals surface area contributed by atoms with Gasteiger partial charge < -0.3 is 16.0 Å². The molecule has 14 heteroatoms. The third-order valence-corrected chi connectivity index (χ3v) is 6.44. The molecule has 0 spiro atoms. The molecule has 0 bridgehead atoms. The number of anilines is 5. The van der Waals surface area contributed by atoms with Crippen molar-refractivity contribution in [3.8, 4) is 0 Å². The van der Waals surface area contributed by atoms with Crippen molar-refractivity contribution in [2.75, 3.05) is 33.6 Å². The van der Waals surface area contributed by atoms with Crippen molar-refractivity contribution >= 4 is 44.8 Å². The van der Waals surface area contributed by atoms with Crippen LogP contribution in [0.2, 0.25) is 0 Å². The van der Waals surface area contributed by atoms with Gasteiger partial charge in [0.2, 0.25) is 21.9 Å². The van der Waals surface area contributed by atoms with Crippen molar-refractivity contribution in [2.24, 2.45) is 0 Å². The lowest BCUT2D eigenvalue weighted by Gasteiger charge is -2.21. The van der Waals surface area contributed by atoms with Crippen LogP contribution in [0.15, 0.2) is 42.9 Å². The number of aromatic nitrogens is 3. The summed E-state index contributed by atoms with van der Waals surface area (Å²) in [7, 11) is -2.27. The van der Waals surface area contributed by atoms with Gasteiger partial charge >= 0.3 is 6.18 Å². The second kappa shape index (κ2) is 9.02. The van der Waals surface area contributed by atoms with E-state index in [1.54, 1.807) is 18.2 Å². The van der Waals surface area contributed by atoms with Gasteiger partial charge in [-0.25, -0.2) is 13.4 Å².